The second-order valence-corrected chi connectivity index (χ2v) is 2.57. The van der Waals surface area contributed by atoms with E-state index in [1.54, 1.807) is 0 Å². The molecule has 0 aromatic rings. The highest BCUT2D eigenvalue weighted by Gasteiger charge is 2.31. The number of halogens is 2. The molecule has 0 rings (SSSR count). The number of hydrogen-bond acceptors (Lipinski definition) is 3. The summed E-state index contributed by atoms with van der Waals surface area (Å²) in [5.74, 6) is 0. The lowest BCUT2D eigenvalue weighted by molar-refractivity contribution is 0.0645. The maximum absolute atomic E-state index is 11.8. The summed E-state index contributed by atoms with van der Waals surface area (Å²) in [6.45, 7) is -0.823. The van der Waals surface area contributed by atoms with E-state index in [4.69, 9.17) is 5.11 Å². The molecule has 0 unspecified atom stereocenters. The number of aliphatic hydroxyl groups excluding tert-OH is 1. The van der Waals surface area contributed by atoms with Crippen LogP contribution in [0.15, 0.2) is 0 Å². The fourth-order valence-electron chi connectivity index (χ4n) is 0.226. The molecule has 0 fully saturated rings. The highest BCUT2D eigenvalue weighted by atomic mass is 32.2. The number of alkyl halides is 2. The van der Waals surface area contributed by atoms with Crippen LogP contribution in [0.2, 0.25) is 0 Å². The largest absolute Gasteiger partial charge is 0.396 e. The molecule has 0 spiro atoms. The fourth-order valence-corrected chi connectivity index (χ4v) is 0.508. The molecule has 0 atom stereocenters. The van der Waals surface area contributed by atoms with Gasteiger partial charge in [0.05, 0.1) is 0 Å². The van der Waals surface area contributed by atoms with Crippen LogP contribution in [0.5, 0.6) is 0 Å². The third-order valence-corrected chi connectivity index (χ3v) is 1.44. The maximum atomic E-state index is 11.8. The molecule has 0 saturated carbocycles. The van der Waals surface area contributed by atoms with Gasteiger partial charge in [-0.25, -0.2) is 8.42 Å². The van der Waals surface area contributed by atoms with E-state index in [2.05, 4.69) is 0 Å². The van der Waals surface area contributed by atoms with Gasteiger partial charge in [0.1, 0.15) is 0 Å². The van der Waals surface area contributed by atoms with Crippen LogP contribution in [0.25, 0.3) is 0 Å². The molecule has 3 nitrogen and oxygen atoms in total. The number of aliphatic hydroxyl groups is 1. The van der Waals surface area contributed by atoms with Gasteiger partial charge in [-0.05, 0) is 0 Å². The van der Waals surface area contributed by atoms with Crippen molar-refractivity contribution >= 4 is 10.7 Å². The molecule has 0 amide bonds. The summed E-state index contributed by atoms with van der Waals surface area (Å²) in [5, 5.41) is 4.16. The van der Waals surface area contributed by atoms with Crippen LogP contribution in [0.4, 0.5) is 8.78 Å². The summed E-state index contributed by atoms with van der Waals surface area (Å²) in [5.41, 5.74) is 0. The number of thiol groups is 1. The molecule has 9 heavy (non-hydrogen) atoms. The second kappa shape index (κ2) is 3.07. The van der Waals surface area contributed by atoms with Crippen molar-refractivity contribution in [3.05, 3.63) is 0 Å². The molecule has 0 aromatic carbocycles. The van der Waals surface area contributed by atoms with Crippen molar-refractivity contribution in [3.8, 4) is 0 Å². The van der Waals surface area contributed by atoms with Crippen LogP contribution >= 0.6 is 0 Å². The number of hydrogen-bond donors (Lipinski definition) is 2. The Labute approximate surface area is 52.3 Å². The summed E-state index contributed by atoms with van der Waals surface area (Å²) in [7, 11) is -3.74. The van der Waals surface area contributed by atoms with Crippen LogP contribution < -0.4 is 0 Å². The Bertz CT molecular complexity index is 145. The predicted molar refractivity (Wildman–Crippen MR) is 27.0 cm³/mol. The molecule has 6 heteroatoms. The first-order chi connectivity index (χ1) is 4.00. The van der Waals surface area contributed by atoms with E-state index in [0.29, 0.717) is 0 Å². The Morgan fingerprint density at radius 3 is 2.00 bits per heavy atom. The minimum atomic E-state index is -3.75. The van der Waals surface area contributed by atoms with Gasteiger partial charge >= 0.3 is 5.25 Å². The maximum Gasteiger partial charge on any atom is 0.345 e. The normalized spacial score (nSPS) is 12.4. The van der Waals surface area contributed by atoms with E-state index in [-0.39, 0.29) is 0 Å². The molecule has 0 bridgehead atoms. The van der Waals surface area contributed by atoms with Gasteiger partial charge in [0.25, 0.3) is 0 Å². The Kier molecular flexibility index (Phi) is 2.99. The Morgan fingerprint density at radius 2 is 1.89 bits per heavy atom. The van der Waals surface area contributed by atoms with Crippen LogP contribution in [0.3, 0.4) is 0 Å². The standard InChI is InChI=1S/C3H6F2O3S/c4-3(5,1-2-6)9(7)8/h6,9H,1-2H2. The molecule has 0 aliphatic rings. The monoisotopic (exact) mass is 160 g/mol. The van der Waals surface area contributed by atoms with E-state index in [1.807, 2.05) is 0 Å². The molecule has 0 radical (unpaired) electrons. The Hall–Kier alpha value is -0.230. The first kappa shape index (κ1) is 8.77. The molecule has 1 N–H and O–H groups in total. The molecule has 0 saturated heterocycles. The molecular formula is C3H6F2O3S. The van der Waals surface area contributed by atoms with Crippen molar-refractivity contribution in [3.63, 3.8) is 0 Å². The lowest BCUT2D eigenvalue weighted by atomic mass is 10.5. The van der Waals surface area contributed by atoms with Gasteiger partial charge in [-0.3, -0.25) is 0 Å². The van der Waals surface area contributed by atoms with E-state index in [1.165, 1.54) is 0 Å². The van der Waals surface area contributed by atoms with Gasteiger partial charge < -0.3 is 5.11 Å². The third kappa shape index (κ3) is 2.71. The highest BCUT2D eigenvalue weighted by molar-refractivity contribution is 7.73. The van der Waals surface area contributed by atoms with Crippen molar-refractivity contribution < 1.29 is 22.3 Å². The van der Waals surface area contributed by atoms with Crippen molar-refractivity contribution in [2.75, 3.05) is 6.61 Å². The van der Waals surface area contributed by atoms with Crippen LogP contribution in [-0.2, 0) is 10.7 Å². The summed E-state index contributed by atoms with van der Waals surface area (Å²) in [4.78, 5) is 0. The van der Waals surface area contributed by atoms with Crippen molar-refractivity contribution in [2.24, 2.45) is 0 Å². The second-order valence-electron chi connectivity index (χ2n) is 1.40. The average Bonchev–Trinajstić information content (AvgIpc) is 1.65. The van der Waals surface area contributed by atoms with Crippen molar-refractivity contribution in [2.45, 2.75) is 11.7 Å². The predicted octanol–water partition coefficient (Wildman–Crippen LogP) is -0.427. The summed E-state index contributed by atoms with van der Waals surface area (Å²) < 4.78 is 42.8. The Morgan fingerprint density at radius 1 is 1.44 bits per heavy atom. The molecule has 0 aliphatic carbocycles. The quantitative estimate of drug-likeness (QED) is 0.551. The minimum absolute atomic E-state index is 0.823. The van der Waals surface area contributed by atoms with Gasteiger partial charge in [0, 0.05) is 13.0 Å². The lowest BCUT2D eigenvalue weighted by Gasteiger charge is -2.04. The molecule has 56 valence electrons. The Balaban J connectivity index is 4.02. The van der Waals surface area contributed by atoms with Crippen molar-refractivity contribution in [1.82, 2.24) is 0 Å². The zero-order valence-electron chi connectivity index (χ0n) is 4.38. The molecular weight excluding hydrogens is 154 g/mol. The highest BCUT2D eigenvalue weighted by Crippen LogP contribution is 2.17. The smallest absolute Gasteiger partial charge is 0.345 e. The topological polar surface area (TPSA) is 54.4 Å². The van der Waals surface area contributed by atoms with Crippen LogP contribution in [-0.4, -0.2) is 25.4 Å². The van der Waals surface area contributed by atoms with Gasteiger partial charge in [-0.2, -0.15) is 8.78 Å². The summed E-state index contributed by atoms with van der Waals surface area (Å²) >= 11 is 0. The summed E-state index contributed by atoms with van der Waals surface area (Å²) in [6, 6.07) is 0. The first-order valence-electron chi connectivity index (χ1n) is 2.14. The van der Waals surface area contributed by atoms with E-state index in [9.17, 15) is 17.2 Å². The minimum Gasteiger partial charge on any atom is -0.396 e. The van der Waals surface area contributed by atoms with Gasteiger partial charge in [-0.1, -0.05) is 0 Å². The molecule has 0 aliphatic heterocycles. The first-order valence-corrected chi connectivity index (χ1v) is 3.31. The third-order valence-electron chi connectivity index (χ3n) is 0.680. The van der Waals surface area contributed by atoms with E-state index < -0.39 is 29.0 Å². The van der Waals surface area contributed by atoms with Gasteiger partial charge in [-0.15, -0.1) is 0 Å². The molecule has 0 aromatic heterocycles. The summed E-state index contributed by atoms with van der Waals surface area (Å²) in [6.07, 6.45) is -1.02. The molecule has 0 heterocycles. The number of rotatable bonds is 3. The van der Waals surface area contributed by atoms with Crippen LogP contribution in [0, 0.1) is 0 Å². The zero-order chi connectivity index (χ0) is 7.49. The lowest BCUT2D eigenvalue weighted by Crippen LogP contribution is -2.19. The van der Waals surface area contributed by atoms with E-state index in [0.717, 1.165) is 0 Å². The zero-order valence-corrected chi connectivity index (χ0v) is 5.28. The van der Waals surface area contributed by atoms with E-state index >= 15 is 0 Å². The van der Waals surface area contributed by atoms with Gasteiger partial charge in [0.15, 0.2) is 0 Å². The fraction of sp³-hybridized carbons (Fsp3) is 1.00. The van der Waals surface area contributed by atoms with Gasteiger partial charge in [0.2, 0.25) is 10.7 Å². The van der Waals surface area contributed by atoms with Crippen molar-refractivity contribution in [1.29, 1.82) is 0 Å². The average molecular weight is 160 g/mol. The SMILES string of the molecule is O=[SH](=O)C(F)(F)CCO. The van der Waals surface area contributed by atoms with Crippen LogP contribution in [0.1, 0.15) is 6.42 Å².